The first-order valence-electron chi connectivity index (χ1n) is 11.1. The Morgan fingerprint density at radius 3 is 2.61 bits per heavy atom. The second-order valence-electron chi connectivity index (χ2n) is 8.72. The molecule has 0 radical (unpaired) electrons. The maximum atomic E-state index is 12.3. The van der Waals surface area contributed by atoms with Crippen LogP contribution in [-0.2, 0) is 0 Å². The zero-order valence-corrected chi connectivity index (χ0v) is 18.5. The van der Waals surface area contributed by atoms with Crippen molar-refractivity contribution in [1.29, 1.82) is 0 Å². The van der Waals surface area contributed by atoms with E-state index in [-0.39, 0.29) is 5.91 Å². The van der Waals surface area contributed by atoms with Crippen molar-refractivity contribution in [1.82, 2.24) is 29.7 Å². The molecule has 33 heavy (non-hydrogen) atoms. The van der Waals surface area contributed by atoms with E-state index in [1.807, 2.05) is 34.9 Å². The molecule has 9 heteroatoms. The first kappa shape index (κ1) is 20.9. The number of nitrogens with one attached hydrogen (secondary N) is 3. The van der Waals surface area contributed by atoms with E-state index in [0.29, 0.717) is 40.2 Å². The fourth-order valence-corrected chi connectivity index (χ4v) is 3.53. The van der Waals surface area contributed by atoms with Gasteiger partial charge in [-0.15, -0.1) is 0 Å². The lowest BCUT2D eigenvalue weighted by Crippen LogP contribution is -2.25. The molecule has 1 fully saturated rings. The van der Waals surface area contributed by atoms with Crippen LogP contribution in [0.5, 0.6) is 0 Å². The first-order chi connectivity index (χ1) is 16.0. The van der Waals surface area contributed by atoms with Crippen LogP contribution in [-0.4, -0.2) is 42.8 Å². The summed E-state index contributed by atoms with van der Waals surface area (Å²) in [7, 11) is 0. The van der Waals surface area contributed by atoms with Crippen LogP contribution in [0.1, 0.15) is 37.0 Å². The van der Waals surface area contributed by atoms with Gasteiger partial charge in [-0.1, -0.05) is 26.0 Å². The van der Waals surface area contributed by atoms with Crippen molar-refractivity contribution in [2.24, 2.45) is 5.92 Å². The number of hydrogen-bond donors (Lipinski definition) is 3. The fourth-order valence-electron chi connectivity index (χ4n) is 3.53. The topological polar surface area (TPSA) is 117 Å². The lowest BCUT2D eigenvalue weighted by Gasteiger charge is -2.12. The molecule has 1 aromatic carbocycles. The Morgan fingerprint density at radius 1 is 1.15 bits per heavy atom. The van der Waals surface area contributed by atoms with Gasteiger partial charge >= 0.3 is 5.69 Å². The van der Waals surface area contributed by atoms with Crippen molar-refractivity contribution in [3.05, 3.63) is 65.1 Å². The molecule has 0 bridgehead atoms. The van der Waals surface area contributed by atoms with Gasteiger partial charge in [-0.25, -0.2) is 19.7 Å². The third-order valence-corrected chi connectivity index (χ3v) is 5.49. The molecule has 0 unspecified atom stereocenters. The molecule has 1 aliphatic carbocycles. The van der Waals surface area contributed by atoms with Gasteiger partial charge in [0.25, 0.3) is 5.91 Å². The van der Waals surface area contributed by atoms with E-state index in [1.165, 1.54) is 6.20 Å². The molecule has 1 amide bonds. The van der Waals surface area contributed by atoms with Crippen molar-refractivity contribution in [2.75, 3.05) is 11.9 Å². The Hall–Kier alpha value is -4.01. The number of H-pyrrole nitrogens is 1. The summed E-state index contributed by atoms with van der Waals surface area (Å²) in [6.45, 7) is 4.98. The summed E-state index contributed by atoms with van der Waals surface area (Å²) >= 11 is 0. The third kappa shape index (κ3) is 4.48. The Bertz CT molecular complexity index is 1350. The average Bonchev–Trinajstić information content (AvgIpc) is 3.53. The van der Waals surface area contributed by atoms with E-state index in [4.69, 9.17) is 4.98 Å². The van der Waals surface area contributed by atoms with Crippen molar-refractivity contribution < 1.29 is 4.79 Å². The molecule has 0 saturated heterocycles. The quantitative estimate of drug-likeness (QED) is 0.404. The van der Waals surface area contributed by atoms with Gasteiger partial charge in [0.15, 0.2) is 11.5 Å². The van der Waals surface area contributed by atoms with Crippen molar-refractivity contribution in [3.63, 3.8) is 0 Å². The summed E-state index contributed by atoms with van der Waals surface area (Å²) in [5.41, 5.74) is 4.06. The number of fused-ring (bicyclic) bond motifs is 1. The van der Waals surface area contributed by atoms with E-state index >= 15 is 0 Å². The Labute approximate surface area is 190 Å². The SMILES string of the molecule is CC(C)CNc1nc(-c2cnc(=O)[nH]c2)cn2c(-c3ccc(C(=O)NC4CC4)cc3)cnc12. The summed E-state index contributed by atoms with van der Waals surface area (Å²) in [6.07, 6.45) is 8.88. The summed E-state index contributed by atoms with van der Waals surface area (Å²) in [6, 6.07) is 7.83. The van der Waals surface area contributed by atoms with Crippen molar-refractivity contribution in [2.45, 2.75) is 32.7 Å². The van der Waals surface area contributed by atoms with Gasteiger partial charge in [0.05, 0.1) is 17.6 Å². The minimum absolute atomic E-state index is 0.0422. The molecule has 5 rings (SSSR count). The van der Waals surface area contributed by atoms with Crippen LogP contribution >= 0.6 is 0 Å². The van der Waals surface area contributed by atoms with Crippen LogP contribution < -0.4 is 16.3 Å². The molecule has 3 aromatic heterocycles. The van der Waals surface area contributed by atoms with E-state index < -0.39 is 5.69 Å². The summed E-state index contributed by atoms with van der Waals surface area (Å²) in [5.74, 6) is 1.03. The predicted octanol–water partition coefficient (Wildman–Crippen LogP) is 3.11. The van der Waals surface area contributed by atoms with Crippen LogP contribution in [0, 0.1) is 5.92 Å². The highest BCUT2D eigenvalue weighted by molar-refractivity contribution is 5.95. The van der Waals surface area contributed by atoms with Crippen LogP contribution in [0.25, 0.3) is 28.2 Å². The molecule has 0 spiro atoms. The number of anilines is 1. The minimum Gasteiger partial charge on any atom is -0.367 e. The van der Waals surface area contributed by atoms with Gasteiger partial charge in [-0.3, -0.25) is 9.20 Å². The number of amides is 1. The maximum absolute atomic E-state index is 12.3. The number of rotatable bonds is 7. The predicted molar refractivity (Wildman–Crippen MR) is 126 cm³/mol. The van der Waals surface area contributed by atoms with Crippen molar-refractivity contribution >= 4 is 17.4 Å². The Balaban J connectivity index is 1.55. The molecule has 1 saturated carbocycles. The zero-order chi connectivity index (χ0) is 22.9. The van der Waals surface area contributed by atoms with Crippen LogP contribution in [0.15, 0.2) is 53.8 Å². The summed E-state index contributed by atoms with van der Waals surface area (Å²) < 4.78 is 1.97. The fraction of sp³-hybridized carbons (Fsp3) is 0.292. The molecular weight excluding hydrogens is 418 g/mol. The largest absolute Gasteiger partial charge is 0.367 e. The normalized spacial score (nSPS) is 13.4. The van der Waals surface area contributed by atoms with Gasteiger partial charge < -0.3 is 15.6 Å². The lowest BCUT2D eigenvalue weighted by molar-refractivity contribution is 0.0951. The number of carbonyl (C=O) groups excluding carboxylic acids is 1. The molecule has 3 heterocycles. The van der Waals surface area contributed by atoms with Gasteiger partial charge in [0.2, 0.25) is 0 Å². The van der Waals surface area contributed by atoms with E-state index in [0.717, 1.165) is 30.6 Å². The molecule has 9 nitrogen and oxygen atoms in total. The molecule has 168 valence electrons. The van der Waals surface area contributed by atoms with Crippen LogP contribution in [0.4, 0.5) is 5.82 Å². The average molecular weight is 444 g/mol. The number of imidazole rings is 1. The van der Waals surface area contributed by atoms with Crippen LogP contribution in [0.3, 0.4) is 0 Å². The smallest absolute Gasteiger partial charge is 0.344 e. The highest BCUT2D eigenvalue weighted by atomic mass is 16.2. The monoisotopic (exact) mass is 443 g/mol. The Kier molecular flexibility index (Phi) is 5.37. The Morgan fingerprint density at radius 2 is 1.94 bits per heavy atom. The standard InChI is InChI=1S/C24H25N7O2/c1-14(2)9-25-21-22-26-12-20(15-3-5-16(6-4-15)23(32)29-18-7-8-18)31(22)13-19(30-21)17-10-27-24(33)28-11-17/h3-6,10-14,18H,7-9H2,1-2H3,(H,25,30)(H,29,32)(H,27,28,33). The molecule has 0 aliphatic heterocycles. The van der Waals surface area contributed by atoms with E-state index in [2.05, 4.69) is 39.4 Å². The number of benzene rings is 1. The highest BCUT2D eigenvalue weighted by Gasteiger charge is 2.23. The number of hydrogen-bond acceptors (Lipinski definition) is 6. The highest BCUT2D eigenvalue weighted by Crippen LogP contribution is 2.28. The zero-order valence-electron chi connectivity index (χ0n) is 18.5. The lowest BCUT2D eigenvalue weighted by atomic mass is 10.1. The van der Waals surface area contributed by atoms with E-state index in [1.54, 1.807) is 12.4 Å². The number of nitrogens with zero attached hydrogens (tertiary/aromatic N) is 4. The molecular formula is C24H25N7O2. The number of aromatic amines is 1. The molecule has 0 atom stereocenters. The molecule has 3 N–H and O–H groups in total. The molecule has 1 aliphatic rings. The van der Waals surface area contributed by atoms with Gasteiger partial charge in [-0.05, 0) is 30.9 Å². The number of aromatic nitrogens is 5. The van der Waals surface area contributed by atoms with Crippen LogP contribution in [0.2, 0.25) is 0 Å². The van der Waals surface area contributed by atoms with E-state index in [9.17, 15) is 9.59 Å². The summed E-state index contributed by atoms with van der Waals surface area (Å²) in [4.78, 5) is 39.5. The second kappa shape index (κ2) is 8.50. The molecule has 4 aromatic rings. The van der Waals surface area contributed by atoms with Gasteiger partial charge in [0, 0.05) is 47.9 Å². The minimum atomic E-state index is -0.410. The summed E-state index contributed by atoms with van der Waals surface area (Å²) in [5, 5.41) is 6.39. The second-order valence-corrected chi connectivity index (χ2v) is 8.72. The maximum Gasteiger partial charge on any atom is 0.344 e. The van der Waals surface area contributed by atoms with Crippen molar-refractivity contribution in [3.8, 4) is 22.5 Å². The van der Waals surface area contributed by atoms with Gasteiger partial charge in [-0.2, -0.15) is 0 Å². The number of carbonyl (C=O) groups is 1. The van der Waals surface area contributed by atoms with Gasteiger partial charge in [0.1, 0.15) is 0 Å². The third-order valence-electron chi connectivity index (χ3n) is 5.49. The first-order valence-corrected chi connectivity index (χ1v) is 11.1.